The van der Waals surface area contributed by atoms with E-state index in [1.807, 2.05) is 30.3 Å². The third-order valence-electron chi connectivity index (χ3n) is 3.09. The van der Waals surface area contributed by atoms with Crippen LogP contribution in [0.2, 0.25) is 5.02 Å². The maximum absolute atomic E-state index is 11.9. The molecule has 0 fully saturated rings. The van der Waals surface area contributed by atoms with Gasteiger partial charge in [0.15, 0.2) is 0 Å². The number of halogens is 1. The van der Waals surface area contributed by atoms with Crippen LogP contribution in [-0.4, -0.2) is 22.7 Å². The summed E-state index contributed by atoms with van der Waals surface area (Å²) >= 11 is 7.21. The Hall–Kier alpha value is -2.44. The van der Waals surface area contributed by atoms with Crippen LogP contribution in [0.1, 0.15) is 6.42 Å². The number of carbonyl (C=O) groups excluding carboxylic acids is 1. The van der Waals surface area contributed by atoms with Gasteiger partial charge in [0.05, 0.1) is 13.0 Å². The highest BCUT2D eigenvalue weighted by atomic mass is 35.5. The molecule has 0 radical (unpaired) electrons. The molecular formula is C17H14ClN3O2S. The molecule has 0 atom stereocenters. The molecule has 122 valence electrons. The molecular weight excluding hydrogens is 346 g/mol. The molecule has 0 aliphatic rings. The fraction of sp³-hybridized carbons (Fsp3) is 0.118. The Morgan fingerprint density at radius 3 is 2.75 bits per heavy atom. The average molecular weight is 360 g/mol. The molecule has 2 aromatic carbocycles. The Bertz CT molecular complexity index is 823. The Labute approximate surface area is 148 Å². The summed E-state index contributed by atoms with van der Waals surface area (Å²) in [6.45, 7) is 0.260. The van der Waals surface area contributed by atoms with Crippen LogP contribution in [0.4, 0.5) is 5.13 Å². The van der Waals surface area contributed by atoms with Crippen molar-refractivity contribution in [3.05, 3.63) is 59.6 Å². The Morgan fingerprint density at radius 2 is 1.96 bits per heavy atom. The van der Waals surface area contributed by atoms with E-state index in [2.05, 4.69) is 15.5 Å². The largest absolute Gasteiger partial charge is 0.493 e. The Kier molecular flexibility index (Phi) is 5.40. The number of amides is 1. The summed E-state index contributed by atoms with van der Waals surface area (Å²) in [5.41, 5.74) is 0.972. The maximum Gasteiger partial charge on any atom is 0.229 e. The highest BCUT2D eigenvalue weighted by Gasteiger charge is 2.09. The molecule has 24 heavy (non-hydrogen) atoms. The molecule has 3 aromatic rings. The molecule has 3 rings (SSSR count). The van der Waals surface area contributed by atoms with Gasteiger partial charge in [0.2, 0.25) is 11.0 Å². The quantitative estimate of drug-likeness (QED) is 0.714. The zero-order chi connectivity index (χ0) is 16.8. The summed E-state index contributed by atoms with van der Waals surface area (Å²) in [5, 5.41) is 12.6. The van der Waals surface area contributed by atoms with Gasteiger partial charge in [-0.25, -0.2) is 0 Å². The predicted molar refractivity (Wildman–Crippen MR) is 95.5 cm³/mol. The monoisotopic (exact) mass is 359 g/mol. The summed E-state index contributed by atoms with van der Waals surface area (Å²) < 4.78 is 5.49. The first-order valence-electron chi connectivity index (χ1n) is 7.28. The molecule has 7 heteroatoms. The molecule has 0 saturated carbocycles. The summed E-state index contributed by atoms with van der Waals surface area (Å²) in [5.74, 6) is 0.463. The number of hydrogen-bond donors (Lipinski definition) is 1. The standard InChI is InChI=1S/C17H14ClN3O2S/c18-13-7-4-8-14(11-13)23-10-9-15(22)19-17-21-20-16(24-17)12-5-2-1-3-6-12/h1-8,11H,9-10H2,(H,19,21,22). The lowest BCUT2D eigenvalue weighted by Gasteiger charge is -2.05. The topological polar surface area (TPSA) is 64.1 Å². The Balaban J connectivity index is 1.49. The summed E-state index contributed by atoms with van der Waals surface area (Å²) in [4.78, 5) is 11.9. The SMILES string of the molecule is O=C(CCOc1cccc(Cl)c1)Nc1nnc(-c2ccccc2)s1. The molecule has 0 bridgehead atoms. The van der Waals surface area contributed by atoms with Crippen LogP contribution in [0.15, 0.2) is 54.6 Å². The highest BCUT2D eigenvalue weighted by molar-refractivity contribution is 7.18. The fourth-order valence-corrected chi connectivity index (χ4v) is 2.92. The van der Waals surface area contributed by atoms with Crippen LogP contribution in [-0.2, 0) is 4.79 Å². The van der Waals surface area contributed by atoms with E-state index >= 15 is 0 Å². The molecule has 0 spiro atoms. The minimum absolute atomic E-state index is 0.173. The minimum atomic E-state index is -0.173. The van der Waals surface area contributed by atoms with Crippen LogP contribution in [0.25, 0.3) is 10.6 Å². The first-order valence-corrected chi connectivity index (χ1v) is 8.47. The van der Waals surface area contributed by atoms with Crippen molar-refractivity contribution < 1.29 is 9.53 Å². The Morgan fingerprint density at radius 1 is 1.12 bits per heavy atom. The molecule has 0 unspecified atom stereocenters. The van der Waals surface area contributed by atoms with Crippen molar-refractivity contribution >= 4 is 34.0 Å². The molecule has 1 amide bonds. The predicted octanol–water partition coefficient (Wildman–Crippen LogP) is 4.27. The molecule has 1 heterocycles. The molecule has 0 saturated heterocycles. The fourth-order valence-electron chi connectivity index (χ4n) is 1.97. The second-order valence-corrected chi connectivity index (χ2v) is 6.30. The van der Waals surface area contributed by atoms with Gasteiger partial charge in [0.25, 0.3) is 0 Å². The van der Waals surface area contributed by atoms with Crippen LogP contribution in [0.5, 0.6) is 5.75 Å². The van der Waals surface area contributed by atoms with E-state index in [1.54, 1.807) is 24.3 Å². The zero-order valence-corrected chi connectivity index (χ0v) is 14.2. The van der Waals surface area contributed by atoms with Crippen molar-refractivity contribution in [2.75, 3.05) is 11.9 Å². The van der Waals surface area contributed by atoms with E-state index in [0.29, 0.717) is 15.9 Å². The van der Waals surface area contributed by atoms with E-state index < -0.39 is 0 Å². The van der Waals surface area contributed by atoms with Gasteiger partial charge in [-0.15, -0.1) is 10.2 Å². The maximum atomic E-state index is 11.9. The molecule has 0 aliphatic heterocycles. The van der Waals surface area contributed by atoms with Gasteiger partial charge >= 0.3 is 0 Å². The number of ether oxygens (including phenoxy) is 1. The second kappa shape index (κ2) is 7.90. The van der Waals surface area contributed by atoms with Crippen molar-refractivity contribution in [2.45, 2.75) is 6.42 Å². The number of nitrogens with one attached hydrogen (secondary N) is 1. The van der Waals surface area contributed by atoms with Crippen LogP contribution >= 0.6 is 22.9 Å². The number of nitrogens with zero attached hydrogens (tertiary/aromatic N) is 2. The number of aromatic nitrogens is 2. The van der Waals surface area contributed by atoms with Crippen molar-refractivity contribution in [1.82, 2.24) is 10.2 Å². The van der Waals surface area contributed by atoms with Crippen LogP contribution in [0.3, 0.4) is 0 Å². The number of hydrogen-bond acceptors (Lipinski definition) is 5. The van der Waals surface area contributed by atoms with E-state index in [-0.39, 0.29) is 18.9 Å². The lowest BCUT2D eigenvalue weighted by atomic mass is 10.2. The smallest absolute Gasteiger partial charge is 0.229 e. The van der Waals surface area contributed by atoms with Gasteiger partial charge in [0.1, 0.15) is 10.8 Å². The third kappa shape index (κ3) is 4.53. The van der Waals surface area contributed by atoms with Crippen molar-refractivity contribution in [1.29, 1.82) is 0 Å². The van der Waals surface area contributed by atoms with Crippen LogP contribution in [0, 0.1) is 0 Å². The first-order chi connectivity index (χ1) is 11.7. The van der Waals surface area contributed by atoms with Gasteiger partial charge in [-0.2, -0.15) is 0 Å². The van der Waals surface area contributed by atoms with Crippen molar-refractivity contribution in [3.8, 4) is 16.3 Å². The highest BCUT2D eigenvalue weighted by Crippen LogP contribution is 2.26. The number of carbonyl (C=O) groups is 1. The van der Waals surface area contributed by atoms with Gasteiger partial charge in [0, 0.05) is 10.6 Å². The van der Waals surface area contributed by atoms with E-state index in [9.17, 15) is 4.79 Å². The summed E-state index contributed by atoms with van der Waals surface area (Å²) in [7, 11) is 0. The van der Waals surface area contributed by atoms with Gasteiger partial charge < -0.3 is 10.1 Å². The number of anilines is 1. The van der Waals surface area contributed by atoms with Crippen molar-refractivity contribution in [3.63, 3.8) is 0 Å². The molecule has 0 aliphatic carbocycles. The lowest BCUT2D eigenvalue weighted by Crippen LogP contribution is -2.15. The number of benzene rings is 2. The van der Waals surface area contributed by atoms with E-state index in [0.717, 1.165) is 10.6 Å². The van der Waals surface area contributed by atoms with Crippen LogP contribution < -0.4 is 10.1 Å². The molecule has 1 aromatic heterocycles. The second-order valence-electron chi connectivity index (χ2n) is 4.88. The normalized spacial score (nSPS) is 10.4. The van der Waals surface area contributed by atoms with E-state index in [1.165, 1.54) is 11.3 Å². The minimum Gasteiger partial charge on any atom is -0.493 e. The lowest BCUT2D eigenvalue weighted by molar-refractivity contribution is -0.116. The summed E-state index contributed by atoms with van der Waals surface area (Å²) in [6.07, 6.45) is 0.215. The third-order valence-corrected chi connectivity index (χ3v) is 4.21. The number of rotatable bonds is 6. The molecule has 5 nitrogen and oxygen atoms in total. The first kappa shape index (κ1) is 16.4. The van der Waals surface area contributed by atoms with Gasteiger partial charge in [-0.3, -0.25) is 4.79 Å². The summed E-state index contributed by atoms with van der Waals surface area (Å²) in [6, 6.07) is 16.8. The van der Waals surface area contributed by atoms with Gasteiger partial charge in [-0.05, 0) is 18.2 Å². The van der Waals surface area contributed by atoms with Gasteiger partial charge in [-0.1, -0.05) is 59.3 Å². The average Bonchev–Trinajstić information content (AvgIpc) is 3.04. The molecule has 1 N–H and O–H groups in total. The van der Waals surface area contributed by atoms with E-state index in [4.69, 9.17) is 16.3 Å². The van der Waals surface area contributed by atoms with Crippen molar-refractivity contribution in [2.24, 2.45) is 0 Å². The zero-order valence-electron chi connectivity index (χ0n) is 12.6.